The van der Waals surface area contributed by atoms with Crippen LogP contribution in [0, 0.1) is 11.3 Å². The molecule has 0 saturated carbocycles. The van der Waals surface area contributed by atoms with Gasteiger partial charge in [-0.1, -0.05) is 6.07 Å². The number of nitrogens with zero attached hydrogens (tertiary/aromatic N) is 3. The largest absolute Gasteiger partial charge is 0.389 e. The Balaban J connectivity index is 2.32. The van der Waals surface area contributed by atoms with Gasteiger partial charge in [0.25, 0.3) is 0 Å². The Morgan fingerprint density at radius 2 is 1.94 bits per heavy atom. The summed E-state index contributed by atoms with van der Waals surface area (Å²) in [4.78, 5) is 4.54. The molecule has 1 aromatic carbocycles. The SMILES string of the molecule is CC(O)c1ccc(C#N)cc1N1CCN(C)CC1. The molecule has 1 aromatic rings. The van der Waals surface area contributed by atoms with E-state index in [2.05, 4.69) is 22.9 Å². The quantitative estimate of drug-likeness (QED) is 0.855. The van der Waals surface area contributed by atoms with Crippen molar-refractivity contribution in [1.29, 1.82) is 5.26 Å². The highest BCUT2D eigenvalue weighted by Crippen LogP contribution is 2.28. The Bertz CT molecular complexity index is 457. The molecule has 0 amide bonds. The van der Waals surface area contributed by atoms with Gasteiger partial charge in [0.2, 0.25) is 0 Å². The van der Waals surface area contributed by atoms with E-state index in [0.29, 0.717) is 5.56 Å². The maximum Gasteiger partial charge on any atom is 0.0992 e. The first-order chi connectivity index (χ1) is 8.61. The average molecular weight is 245 g/mol. The van der Waals surface area contributed by atoms with Crippen LogP contribution in [0.4, 0.5) is 5.69 Å². The van der Waals surface area contributed by atoms with Crippen LogP contribution in [-0.2, 0) is 0 Å². The van der Waals surface area contributed by atoms with Crippen molar-refractivity contribution in [3.63, 3.8) is 0 Å². The second-order valence-corrected chi connectivity index (χ2v) is 4.85. The summed E-state index contributed by atoms with van der Waals surface area (Å²) in [6.07, 6.45) is -0.507. The fourth-order valence-corrected chi connectivity index (χ4v) is 2.29. The number of hydrogen-bond donors (Lipinski definition) is 1. The minimum Gasteiger partial charge on any atom is -0.389 e. The lowest BCUT2D eigenvalue weighted by molar-refractivity contribution is 0.199. The van der Waals surface area contributed by atoms with Crippen LogP contribution in [0.3, 0.4) is 0 Å². The van der Waals surface area contributed by atoms with Gasteiger partial charge in [-0.15, -0.1) is 0 Å². The Labute approximate surface area is 108 Å². The van der Waals surface area contributed by atoms with Crippen LogP contribution in [0.25, 0.3) is 0 Å². The molecule has 0 bridgehead atoms. The van der Waals surface area contributed by atoms with Gasteiger partial charge in [-0.3, -0.25) is 0 Å². The minimum absolute atomic E-state index is 0.507. The number of piperazine rings is 1. The monoisotopic (exact) mass is 245 g/mol. The predicted molar refractivity (Wildman–Crippen MR) is 71.5 cm³/mol. The molecule has 0 radical (unpaired) electrons. The molecule has 1 unspecified atom stereocenters. The summed E-state index contributed by atoms with van der Waals surface area (Å²) < 4.78 is 0. The second kappa shape index (κ2) is 5.38. The Morgan fingerprint density at radius 3 is 2.50 bits per heavy atom. The molecule has 1 aliphatic rings. The molecule has 0 aliphatic carbocycles. The number of aliphatic hydroxyl groups is 1. The van der Waals surface area contributed by atoms with Crippen LogP contribution < -0.4 is 4.90 Å². The van der Waals surface area contributed by atoms with Crippen LogP contribution in [0.1, 0.15) is 24.2 Å². The van der Waals surface area contributed by atoms with Crippen LogP contribution in [0.5, 0.6) is 0 Å². The summed E-state index contributed by atoms with van der Waals surface area (Å²) in [7, 11) is 2.11. The smallest absolute Gasteiger partial charge is 0.0992 e. The molecule has 0 aromatic heterocycles. The summed E-state index contributed by atoms with van der Waals surface area (Å²) in [5.41, 5.74) is 2.55. The van der Waals surface area contributed by atoms with Gasteiger partial charge in [-0.05, 0) is 26.1 Å². The summed E-state index contributed by atoms with van der Waals surface area (Å²) in [6, 6.07) is 7.67. The van der Waals surface area contributed by atoms with E-state index in [1.54, 1.807) is 13.0 Å². The van der Waals surface area contributed by atoms with Gasteiger partial charge in [0.05, 0.1) is 17.7 Å². The molecule has 2 rings (SSSR count). The molecule has 4 heteroatoms. The molecule has 0 spiro atoms. The molecule has 18 heavy (non-hydrogen) atoms. The van der Waals surface area contributed by atoms with Crippen molar-refractivity contribution < 1.29 is 5.11 Å². The van der Waals surface area contributed by atoms with Crippen LogP contribution in [0.15, 0.2) is 18.2 Å². The van der Waals surface area contributed by atoms with E-state index in [0.717, 1.165) is 37.4 Å². The molecule has 1 saturated heterocycles. The summed E-state index contributed by atoms with van der Waals surface area (Å²) in [6.45, 7) is 5.66. The Hall–Kier alpha value is -1.57. The van der Waals surface area contributed by atoms with E-state index in [4.69, 9.17) is 5.26 Å². The van der Waals surface area contributed by atoms with Gasteiger partial charge < -0.3 is 14.9 Å². The van der Waals surface area contributed by atoms with E-state index in [1.807, 2.05) is 12.1 Å². The van der Waals surface area contributed by atoms with E-state index < -0.39 is 6.10 Å². The molecule has 1 aliphatic heterocycles. The second-order valence-electron chi connectivity index (χ2n) is 4.85. The van der Waals surface area contributed by atoms with Gasteiger partial charge >= 0.3 is 0 Å². The first kappa shape index (κ1) is 12.9. The van der Waals surface area contributed by atoms with Crippen molar-refractivity contribution in [2.75, 3.05) is 38.1 Å². The van der Waals surface area contributed by atoms with Crippen molar-refractivity contribution in [3.8, 4) is 6.07 Å². The van der Waals surface area contributed by atoms with E-state index >= 15 is 0 Å². The van der Waals surface area contributed by atoms with Crippen molar-refractivity contribution in [3.05, 3.63) is 29.3 Å². The summed E-state index contributed by atoms with van der Waals surface area (Å²) in [5.74, 6) is 0. The number of nitriles is 1. The van der Waals surface area contributed by atoms with Gasteiger partial charge in [-0.25, -0.2) is 0 Å². The lowest BCUT2D eigenvalue weighted by Crippen LogP contribution is -2.44. The Morgan fingerprint density at radius 1 is 1.28 bits per heavy atom. The van der Waals surface area contributed by atoms with Gasteiger partial charge in [-0.2, -0.15) is 5.26 Å². The third-order valence-electron chi connectivity index (χ3n) is 3.45. The lowest BCUT2D eigenvalue weighted by Gasteiger charge is -2.35. The normalized spacial score (nSPS) is 18.4. The third-order valence-corrected chi connectivity index (χ3v) is 3.45. The van der Waals surface area contributed by atoms with Crippen LogP contribution in [0.2, 0.25) is 0 Å². The van der Waals surface area contributed by atoms with E-state index in [9.17, 15) is 5.11 Å². The van der Waals surface area contributed by atoms with E-state index in [-0.39, 0.29) is 0 Å². The van der Waals surface area contributed by atoms with Crippen molar-refractivity contribution in [2.45, 2.75) is 13.0 Å². The minimum atomic E-state index is -0.507. The molecular weight excluding hydrogens is 226 g/mol. The fraction of sp³-hybridized carbons (Fsp3) is 0.500. The number of benzene rings is 1. The fourth-order valence-electron chi connectivity index (χ4n) is 2.29. The van der Waals surface area contributed by atoms with Crippen molar-refractivity contribution in [2.24, 2.45) is 0 Å². The Kier molecular flexibility index (Phi) is 3.85. The first-order valence-electron chi connectivity index (χ1n) is 6.27. The lowest BCUT2D eigenvalue weighted by atomic mass is 10.0. The zero-order valence-corrected chi connectivity index (χ0v) is 10.9. The zero-order chi connectivity index (χ0) is 13.1. The number of anilines is 1. The van der Waals surface area contributed by atoms with Gasteiger partial charge in [0, 0.05) is 37.4 Å². The highest BCUT2D eigenvalue weighted by Gasteiger charge is 2.19. The van der Waals surface area contributed by atoms with Gasteiger partial charge in [0.1, 0.15) is 0 Å². The average Bonchev–Trinajstić information content (AvgIpc) is 2.38. The van der Waals surface area contributed by atoms with Gasteiger partial charge in [0.15, 0.2) is 0 Å². The highest BCUT2D eigenvalue weighted by atomic mass is 16.3. The topological polar surface area (TPSA) is 50.5 Å². The predicted octanol–water partition coefficient (Wildman–Crippen LogP) is 1.36. The highest BCUT2D eigenvalue weighted by molar-refractivity contribution is 5.58. The molecular formula is C14H19N3O. The molecule has 96 valence electrons. The van der Waals surface area contributed by atoms with Crippen molar-refractivity contribution in [1.82, 2.24) is 4.90 Å². The molecule has 1 heterocycles. The molecule has 4 nitrogen and oxygen atoms in total. The number of aliphatic hydroxyl groups excluding tert-OH is 1. The summed E-state index contributed by atoms with van der Waals surface area (Å²) in [5, 5.41) is 18.8. The maximum absolute atomic E-state index is 9.83. The van der Waals surface area contributed by atoms with E-state index in [1.165, 1.54) is 0 Å². The van der Waals surface area contributed by atoms with Crippen molar-refractivity contribution >= 4 is 5.69 Å². The molecule has 1 fully saturated rings. The standard InChI is InChI=1S/C14H19N3O/c1-11(18)13-4-3-12(10-15)9-14(13)17-7-5-16(2)6-8-17/h3-4,9,11,18H,5-8H2,1-2H3. The number of likely N-dealkylation sites (N-methyl/N-ethyl adjacent to an activating group) is 1. The number of hydrogen-bond acceptors (Lipinski definition) is 4. The maximum atomic E-state index is 9.83. The van der Waals surface area contributed by atoms with Crippen LogP contribution >= 0.6 is 0 Å². The van der Waals surface area contributed by atoms with Crippen LogP contribution in [-0.4, -0.2) is 43.2 Å². The zero-order valence-electron chi connectivity index (χ0n) is 10.9. The first-order valence-corrected chi connectivity index (χ1v) is 6.27. The number of rotatable bonds is 2. The summed E-state index contributed by atoms with van der Waals surface area (Å²) >= 11 is 0. The molecule has 1 N–H and O–H groups in total. The third kappa shape index (κ3) is 2.63. The molecule has 1 atom stereocenters.